The van der Waals surface area contributed by atoms with Crippen LogP contribution in [0.2, 0.25) is 0 Å². The zero-order chi connectivity index (χ0) is 5.98. The van der Waals surface area contributed by atoms with Gasteiger partial charge < -0.3 is 10.1 Å². The molecule has 1 aliphatic heterocycles. The van der Waals surface area contributed by atoms with Gasteiger partial charge in [-0.05, 0) is 6.16 Å². The smallest absolute Gasteiger partial charge is 0.407 e. The molecule has 0 radical (unpaired) electrons. The van der Waals surface area contributed by atoms with E-state index in [1.54, 1.807) is 0 Å². The van der Waals surface area contributed by atoms with Crippen molar-refractivity contribution in [2.45, 2.75) is 6.04 Å². The van der Waals surface area contributed by atoms with E-state index in [0.29, 0.717) is 6.61 Å². The average Bonchev–Trinajstić information content (AvgIpc) is 2.14. The van der Waals surface area contributed by atoms with Gasteiger partial charge in [0.1, 0.15) is 6.61 Å². The highest BCUT2D eigenvalue weighted by Gasteiger charge is 2.19. The first-order valence-corrected chi connectivity index (χ1v) is 3.28. The van der Waals surface area contributed by atoms with Crippen molar-refractivity contribution >= 4 is 15.3 Å². The molecule has 1 saturated heterocycles. The zero-order valence-electron chi connectivity index (χ0n) is 4.39. The summed E-state index contributed by atoms with van der Waals surface area (Å²) < 4.78 is 4.59. The first-order valence-electron chi connectivity index (χ1n) is 2.46. The molecule has 1 rings (SSSR count). The summed E-state index contributed by atoms with van der Waals surface area (Å²) in [6.45, 7) is 0.516. The van der Waals surface area contributed by atoms with E-state index in [1.807, 2.05) is 0 Å². The van der Waals surface area contributed by atoms with Crippen LogP contribution in [-0.4, -0.2) is 24.9 Å². The number of rotatable bonds is 1. The standard InChI is InChI=1S/C4H8NO2P/c6-4-5-3(2-8)1-7-4/h3H,1-2,8H2,(H,5,6). The zero-order valence-corrected chi connectivity index (χ0v) is 5.54. The van der Waals surface area contributed by atoms with Crippen molar-refractivity contribution in [2.24, 2.45) is 0 Å². The van der Waals surface area contributed by atoms with Crippen LogP contribution in [0.3, 0.4) is 0 Å². The molecule has 4 heteroatoms. The third-order valence-corrected chi connectivity index (χ3v) is 1.59. The lowest BCUT2D eigenvalue weighted by molar-refractivity contribution is 0.177. The molecule has 1 amide bonds. The number of carbonyl (C=O) groups is 1. The second-order valence-corrected chi connectivity index (χ2v) is 2.15. The van der Waals surface area contributed by atoms with Crippen LogP contribution in [-0.2, 0) is 4.74 Å². The van der Waals surface area contributed by atoms with Gasteiger partial charge in [-0.1, -0.05) is 0 Å². The summed E-state index contributed by atoms with van der Waals surface area (Å²) in [6, 6.07) is 0.215. The summed E-state index contributed by atoms with van der Waals surface area (Å²) in [4.78, 5) is 10.3. The molecular formula is C4H8NO2P. The molecule has 0 aliphatic carbocycles. The maximum atomic E-state index is 10.3. The van der Waals surface area contributed by atoms with Crippen LogP contribution in [0.1, 0.15) is 0 Å². The first kappa shape index (κ1) is 5.83. The van der Waals surface area contributed by atoms with Crippen LogP contribution < -0.4 is 5.32 Å². The summed E-state index contributed by atoms with van der Waals surface area (Å²) in [5.41, 5.74) is 0. The van der Waals surface area contributed by atoms with Gasteiger partial charge in [-0.15, -0.1) is 9.24 Å². The van der Waals surface area contributed by atoms with E-state index < -0.39 is 0 Å². The fourth-order valence-corrected chi connectivity index (χ4v) is 0.807. The van der Waals surface area contributed by atoms with Crippen molar-refractivity contribution in [1.29, 1.82) is 0 Å². The molecule has 0 aromatic carbocycles. The number of ether oxygens (including phenoxy) is 1. The molecule has 0 bridgehead atoms. The van der Waals surface area contributed by atoms with Gasteiger partial charge in [0.05, 0.1) is 6.04 Å². The van der Waals surface area contributed by atoms with Gasteiger partial charge in [-0.2, -0.15) is 0 Å². The maximum Gasteiger partial charge on any atom is 0.407 e. The molecule has 2 atom stereocenters. The third-order valence-electron chi connectivity index (χ3n) is 1.02. The summed E-state index contributed by atoms with van der Waals surface area (Å²) >= 11 is 0. The molecule has 1 N–H and O–H groups in total. The Morgan fingerprint density at radius 3 is 3.00 bits per heavy atom. The van der Waals surface area contributed by atoms with Gasteiger partial charge in [0.25, 0.3) is 0 Å². The molecule has 0 saturated carbocycles. The van der Waals surface area contributed by atoms with Gasteiger partial charge in [-0.3, -0.25) is 0 Å². The van der Waals surface area contributed by atoms with E-state index in [1.165, 1.54) is 0 Å². The fraction of sp³-hybridized carbons (Fsp3) is 0.750. The summed E-state index contributed by atoms with van der Waals surface area (Å²) in [5, 5.41) is 2.62. The molecule has 0 aromatic heterocycles. The second-order valence-electron chi connectivity index (χ2n) is 1.68. The number of amides is 1. The predicted molar refractivity (Wildman–Crippen MR) is 32.8 cm³/mol. The lowest BCUT2D eigenvalue weighted by atomic mass is 10.4. The quantitative estimate of drug-likeness (QED) is 0.510. The Hall–Kier alpha value is -0.300. The van der Waals surface area contributed by atoms with Crippen molar-refractivity contribution in [3.63, 3.8) is 0 Å². The van der Waals surface area contributed by atoms with Gasteiger partial charge in [0, 0.05) is 0 Å². The fourth-order valence-electron chi connectivity index (χ4n) is 0.553. The number of hydrogen-bond donors (Lipinski definition) is 1. The van der Waals surface area contributed by atoms with Gasteiger partial charge in [0.15, 0.2) is 0 Å². The number of hydrogen-bond acceptors (Lipinski definition) is 2. The van der Waals surface area contributed by atoms with Gasteiger partial charge in [0.2, 0.25) is 0 Å². The lowest BCUT2D eigenvalue weighted by Crippen LogP contribution is -2.27. The van der Waals surface area contributed by atoms with Crippen molar-refractivity contribution in [1.82, 2.24) is 5.32 Å². The Kier molecular flexibility index (Phi) is 1.69. The SMILES string of the molecule is O=C1NC(CP)CO1. The Bertz CT molecular complexity index is 106. The minimum atomic E-state index is -0.294. The summed E-state index contributed by atoms with van der Waals surface area (Å²) in [5.74, 6) is 0. The maximum absolute atomic E-state index is 10.3. The summed E-state index contributed by atoms with van der Waals surface area (Å²) in [6.07, 6.45) is 0.573. The van der Waals surface area contributed by atoms with E-state index >= 15 is 0 Å². The minimum absolute atomic E-state index is 0.215. The van der Waals surface area contributed by atoms with Crippen molar-refractivity contribution in [3.8, 4) is 0 Å². The average molecular weight is 133 g/mol. The van der Waals surface area contributed by atoms with E-state index in [-0.39, 0.29) is 12.1 Å². The topological polar surface area (TPSA) is 38.3 Å². The van der Waals surface area contributed by atoms with Crippen molar-refractivity contribution in [2.75, 3.05) is 12.8 Å². The highest BCUT2D eigenvalue weighted by molar-refractivity contribution is 7.16. The van der Waals surface area contributed by atoms with Gasteiger partial charge in [-0.25, -0.2) is 4.79 Å². The molecule has 2 unspecified atom stereocenters. The number of cyclic esters (lactones) is 1. The van der Waals surface area contributed by atoms with Crippen molar-refractivity contribution < 1.29 is 9.53 Å². The van der Waals surface area contributed by atoms with E-state index in [0.717, 1.165) is 6.16 Å². The summed E-state index contributed by atoms with van der Waals surface area (Å²) in [7, 11) is 2.54. The van der Waals surface area contributed by atoms with Crippen LogP contribution in [0.5, 0.6) is 0 Å². The van der Waals surface area contributed by atoms with Crippen LogP contribution >= 0.6 is 9.24 Å². The third kappa shape index (κ3) is 1.10. The predicted octanol–water partition coefficient (Wildman–Crippen LogP) is -0.0301. The normalized spacial score (nSPS) is 27.1. The largest absolute Gasteiger partial charge is 0.447 e. The van der Waals surface area contributed by atoms with E-state index in [9.17, 15) is 4.79 Å². The number of carbonyl (C=O) groups excluding carboxylic acids is 1. The Labute approximate surface area is 50.0 Å². The first-order chi connectivity index (χ1) is 3.83. The van der Waals surface area contributed by atoms with Crippen LogP contribution in [0, 0.1) is 0 Å². The number of nitrogens with one attached hydrogen (secondary N) is 1. The number of alkyl carbamates (subject to hydrolysis) is 1. The molecule has 0 spiro atoms. The van der Waals surface area contributed by atoms with Crippen LogP contribution in [0.25, 0.3) is 0 Å². The van der Waals surface area contributed by atoms with E-state index in [4.69, 9.17) is 0 Å². The molecule has 1 aliphatic rings. The molecule has 46 valence electrons. The second kappa shape index (κ2) is 2.31. The molecule has 3 nitrogen and oxygen atoms in total. The minimum Gasteiger partial charge on any atom is -0.447 e. The highest BCUT2D eigenvalue weighted by Crippen LogP contribution is 1.99. The molecule has 1 fully saturated rings. The molecule has 1 heterocycles. The Morgan fingerprint density at radius 2 is 2.75 bits per heavy atom. The van der Waals surface area contributed by atoms with Crippen LogP contribution in [0.15, 0.2) is 0 Å². The molecule has 8 heavy (non-hydrogen) atoms. The van der Waals surface area contributed by atoms with Crippen molar-refractivity contribution in [3.05, 3.63) is 0 Å². The van der Waals surface area contributed by atoms with Crippen LogP contribution in [0.4, 0.5) is 4.79 Å². The van der Waals surface area contributed by atoms with Gasteiger partial charge >= 0.3 is 6.09 Å². The molecule has 0 aromatic rings. The van der Waals surface area contributed by atoms with E-state index in [2.05, 4.69) is 19.3 Å². The highest BCUT2D eigenvalue weighted by atomic mass is 31.0. The Balaban J connectivity index is 2.32. The monoisotopic (exact) mass is 133 g/mol. The lowest BCUT2D eigenvalue weighted by Gasteiger charge is -1.97. The Morgan fingerprint density at radius 1 is 2.00 bits per heavy atom. The molecular weight excluding hydrogens is 125 g/mol.